The lowest BCUT2D eigenvalue weighted by molar-refractivity contribution is -0.134. The number of hydrogen-bond donors (Lipinski definition) is 2. The van der Waals surface area contributed by atoms with Crippen LogP contribution in [-0.2, 0) is 9.59 Å². The standard InChI is InChI=1S/C21H18N2O6S/c1-22(11-17(26)14-7-8-15(24)16(25)10-14)19(27)12-23-20(28)18(30-21(23)29)9-13-5-3-2-4-6-13/h2-10,24-25H,11-12H2,1H3/b18-9-. The molecule has 0 radical (unpaired) electrons. The lowest BCUT2D eigenvalue weighted by atomic mass is 10.1. The number of carbonyl (C=O) groups excluding carboxylic acids is 4. The summed E-state index contributed by atoms with van der Waals surface area (Å²) in [6, 6.07) is 12.6. The number of hydrogen-bond acceptors (Lipinski definition) is 7. The Bertz CT molecular complexity index is 1050. The Morgan fingerprint density at radius 2 is 1.77 bits per heavy atom. The van der Waals surface area contributed by atoms with E-state index >= 15 is 0 Å². The van der Waals surface area contributed by atoms with Crippen molar-refractivity contribution < 1.29 is 29.4 Å². The molecule has 3 amide bonds. The quantitative estimate of drug-likeness (QED) is 0.414. The van der Waals surface area contributed by atoms with E-state index < -0.39 is 35.1 Å². The first-order chi connectivity index (χ1) is 14.3. The van der Waals surface area contributed by atoms with Crippen LogP contribution >= 0.6 is 11.8 Å². The molecule has 0 aromatic heterocycles. The summed E-state index contributed by atoms with van der Waals surface area (Å²) in [5.41, 5.74) is 0.871. The number of phenolic OH excluding ortho intramolecular Hbond substituents is 2. The number of likely N-dealkylation sites (N-methyl/N-ethyl adjacent to an activating group) is 1. The van der Waals surface area contributed by atoms with Gasteiger partial charge in [0.15, 0.2) is 17.3 Å². The Kier molecular flexibility index (Phi) is 6.22. The highest BCUT2D eigenvalue weighted by Gasteiger charge is 2.37. The number of imide groups is 1. The normalized spacial score (nSPS) is 15.0. The zero-order valence-electron chi connectivity index (χ0n) is 15.9. The zero-order valence-corrected chi connectivity index (χ0v) is 16.8. The zero-order chi connectivity index (χ0) is 21.8. The van der Waals surface area contributed by atoms with Crippen LogP contribution in [0.25, 0.3) is 6.08 Å². The van der Waals surface area contributed by atoms with Gasteiger partial charge in [0, 0.05) is 12.6 Å². The number of aromatic hydroxyl groups is 2. The molecule has 0 saturated carbocycles. The van der Waals surface area contributed by atoms with E-state index in [9.17, 15) is 29.4 Å². The van der Waals surface area contributed by atoms with E-state index in [1.807, 2.05) is 6.07 Å². The van der Waals surface area contributed by atoms with Gasteiger partial charge in [-0.25, -0.2) is 0 Å². The van der Waals surface area contributed by atoms with Gasteiger partial charge in [-0.1, -0.05) is 30.3 Å². The van der Waals surface area contributed by atoms with Crippen molar-refractivity contribution in [1.82, 2.24) is 9.80 Å². The first kappa shape index (κ1) is 21.1. The van der Waals surface area contributed by atoms with Gasteiger partial charge in [-0.2, -0.15) is 0 Å². The lowest BCUT2D eigenvalue weighted by Gasteiger charge is -2.19. The van der Waals surface area contributed by atoms with Crippen molar-refractivity contribution in [3.05, 3.63) is 64.6 Å². The third-order valence-electron chi connectivity index (χ3n) is 4.37. The summed E-state index contributed by atoms with van der Waals surface area (Å²) in [7, 11) is 1.37. The number of Topliss-reactive ketones (excluding diaryl/α,β-unsaturated/α-hetero) is 1. The molecule has 1 aliphatic heterocycles. The smallest absolute Gasteiger partial charge is 0.294 e. The van der Waals surface area contributed by atoms with Crippen LogP contribution in [0.4, 0.5) is 4.79 Å². The number of ketones is 1. The molecule has 0 spiro atoms. The second-order valence-electron chi connectivity index (χ2n) is 6.56. The highest BCUT2D eigenvalue weighted by atomic mass is 32.2. The maximum atomic E-state index is 12.5. The number of amides is 3. The van der Waals surface area contributed by atoms with Gasteiger partial charge in [0.1, 0.15) is 6.54 Å². The topological polar surface area (TPSA) is 115 Å². The summed E-state index contributed by atoms with van der Waals surface area (Å²) in [5.74, 6) is -2.43. The molecule has 30 heavy (non-hydrogen) atoms. The Morgan fingerprint density at radius 3 is 2.43 bits per heavy atom. The van der Waals surface area contributed by atoms with Crippen molar-refractivity contribution in [2.75, 3.05) is 20.1 Å². The molecule has 0 unspecified atom stereocenters. The SMILES string of the molecule is CN(CC(=O)c1ccc(O)c(O)c1)C(=O)CN1C(=O)S/C(=C\c2ccccc2)C1=O. The highest BCUT2D eigenvalue weighted by molar-refractivity contribution is 8.18. The number of carbonyl (C=O) groups is 4. The monoisotopic (exact) mass is 426 g/mol. The molecule has 0 atom stereocenters. The van der Waals surface area contributed by atoms with Crippen molar-refractivity contribution >= 4 is 40.7 Å². The second kappa shape index (κ2) is 8.83. The van der Waals surface area contributed by atoms with Crippen LogP contribution in [0, 0.1) is 0 Å². The number of rotatable bonds is 6. The lowest BCUT2D eigenvalue weighted by Crippen LogP contribution is -2.42. The molecule has 0 aliphatic carbocycles. The Hall–Kier alpha value is -3.59. The predicted octanol–water partition coefficient (Wildman–Crippen LogP) is 2.48. The summed E-state index contributed by atoms with van der Waals surface area (Å²) in [6.45, 7) is -0.805. The third-order valence-corrected chi connectivity index (χ3v) is 5.28. The number of thioether (sulfide) groups is 1. The minimum Gasteiger partial charge on any atom is -0.504 e. The average Bonchev–Trinajstić information content (AvgIpc) is 2.98. The van der Waals surface area contributed by atoms with Gasteiger partial charge in [0.05, 0.1) is 11.4 Å². The van der Waals surface area contributed by atoms with Gasteiger partial charge in [0.2, 0.25) is 5.91 Å². The molecular weight excluding hydrogens is 408 g/mol. The Balaban J connectivity index is 1.64. The van der Waals surface area contributed by atoms with Gasteiger partial charge in [0.25, 0.3) is 11.1 Å². The van der Waals surface area contributed by atoms with Crippen LogP contribution in [0.5, 0.6) is 11.5 Å². The van der Waals surface area contributed by atoms with Crippen molar-refractivity contribution in [2.45, 2.75) is 0 Å². The maximum Gasteiger partial charge on any atom is 0.294 e. The highest BCUT2D eigenvalue weighted by Crippen LogP contribution is 2.32. The Labute approximate surface area is 176 Å². The van der Waals surface area contributed by atoms with E-state index in [1.54, 1.807) is 30.3 Å². The summed E-state index contributed by atoms with van der Waals surface area (Å²) in [5, 5.41) is 18.3. The maximum absolute atomic E-state index is 12.5. The molecule has 1 aliphatic rings. The minimum absolute atomic E-state index is 0.113. The number of benzene rings is 2. The molecule has 1 heterocycles. The van der Waals surface area contributed by atoms with Crippen molar-refractivity contribution in [3.63, 3.8) is 0 Å². The average molecular weight is 426 g/mol. The third kappa shape index (κ3) is 4.69. The van der Waals surface area contributed by atoms with Crippen LogP contribution in [0.2, 0.25) is 0 Å². The fourth-order valence-corrected chi connectivity index (χ4v) is 3.52. The summed E-state index contributed by atoms with van der Waals surface area (Å²) >= 11 is 0.753. The molecule has 9 heteroatoms. The summed E-state index contributed by atoms with van der Waals surface area (Å²) in [4.78, 5) is 51.6. The van der Waals surface area contributed by atoms with Crippen LogP contribution in [0.1, 0.15) is 15.9 Å². The molecule has 3 rings (SSSR count). The molecule has 0 bridgehead atoms. The molecule has 1 fully saturated rings. The van der Waals surface area contributed by atoms with Crippen molar-refractivity contribution in [2.24, 2.45) is 0 Å². The van der Waals surface area contributed by atoms with E-state index in [2.05, 4.69) is 0 Å². The fourth-order valence-electron chi connectivity index (χ4n) is 2.68. The van der Waals surface area contributed by atoms with E-state index in [-0.39, 0.29) is 22.8 Å². The number of nitrogens with zero attached hydrogens (tertiary/aromatic N) is 2. The van der Waals surface area contributed by atoms with Gasteiger partial charge in [-0.05, 0) is 41.6 Å². The summed E-state index contributed by atoms with van der Waals surface area (Å²) < 4.78 is 0. The molecule has 8 nitrogen and oxygen atoms in total. The molecular formula is C21H18N2O6S. The molecule has 2 N–H and O–H groups in total. The van der Waals surface area contributed by atoms with Crippen LogP contribution in [0.15, 0.2) is 53.4 Å². The van der Waals surface area contributed by atoms with Crippen LogP contribution < -0.4 is 0 Å². The first-order valence-electron chi connectivity index (χ1n) is 8.86. The van der Waals surface area contributed by atoms with Crippen LogP contribution in [-0.4, -0.2) is 63.0 Å². The van der Waals surface area contributed by atoms with Gasteiger partial charge in [-0.3, -0.25) is 24.1 Å². The Morgan fingerprint density at radius 1 is 1.07 bits per heavy atom. The van der Waals surface area contributed by atoms with Crippen molar-refractivity contribution in [1.29, 1.82) is 0 Å². The second-order valence-corrected chi connectivity index (χ2v) is 7.55. The number of phenols is 2. The minimum atomic E-state index is -0.588. The van der Waals surface area contributed by atoms with E-state index in [0.29, 0.717) is 0 Å². The van der Waals surface area contributed by atoms with E-state index in [0.717, 1.165) is 33.2 Å². The first-order valence-corrected chi connectivity index (χ1v) is 9.67. The molecule has 2 aromatic carbocycles. The van der Waals surface area contributed by atoms with Crippen LogP contribution in [0.3, 0.4) is 0 Å². The van der Waals surface area contributed by atoms with Gasteiger partial charge in [-0.15, -0.1) is 0 Å². The molecule has 154 valence electrons. The van der Waals surface area contributed by atoms with E-state index in [1.165, 1.54) is 19.2 Å². The molecule has 2 aromatic rings. The van der Waals surface area contributed by atoms with Crippen molar-refractivity contribution in [3.8, 4) is 11.5 Å². The van der Waals surface area contributed by atoms with Gasteiger partial charge < -0.3 is 15.1 Å². The van der Waals surface area contributed by atoms with E-state index in [4.69, 9.17) is 0 Å². The largest absolute Gasteiger partial charge is 0.504 e. The van der Waals surface area contributed by atoms with Gasteiger partial charge >= 0.3 is 0 Å². The predicted molar refractivity (Wildman–Crippen MR) is 111 cm³/mol. The molecule has 1 saturated heterocycles. The summed E-state index contributed by atoms with van der Waals surface area (Å²) in [6.07, 6.45) is 1.58. The fraction of sp³-hybridized carbons (Fsp3) is 0.143.